The van der Waals surface area contributed by atoms with Crippen molar-refractivity contribution in [2.24, 2.45) is 5.73 Å². The van der Waals surface area contributed by atoms with Crippen LogP contribution in [0.3, 0.4) is 0 Å². The molecule has 0 amide bonds. The van der Waals surface area contributed by atoms with Crippen LogP contribution in [0.2, 0.25) is 0 Å². The van der Waals surface area contributed by atoms with Gasteiger partial charge in [0.15, 0.2) is 0 Å². The molecule has 0 aliphatic rings. The number of nitrogens with zero attached hydrogens (tertiary/aromatic N) is 1. The van der Waals surface area contributed by atoms with Crippen molar-refractivity contribution in [2.75, 3.05) is 11.9 Å². The number of hydrogen-bond acceptors (Lipinski definition) is 2. The van der Waals surface area contributed by atoms with E-state index in [4.69, 9.17) is 5.73 Å². The van der Waals surface area contributed by atoms with Gasteiger partial charge < -0.3 is 10.6 Å². The molecule has 21 heavy (non-hydrogen) atoms. The summed E-state index contributed by atoms with van der Waals surface area (Å²) >= 11 is 3.57. The van der Waals surface area contributed by atoms with E-state index in [1.807, 2.05) is 0 Å². The molecule has 0 aliphatic carbocycles. The zero-order chi connectivity index (χ0) is 15.4. The summed E-state index contributed by atoms with van der Waals surface area (Å²) in [5, 5.41) is 0. The predicted octanol–water partition coefficient (Wildman–Crippen LogP) is 4.81. The highest BCUT2D eigenvalue weighted by molar-refractivity contribution is 9.10. The SMILES string of the molecule is CCC(N)Cc1ccc(Br)cc1N(C)c1ccc(C)cc1. The summed E-state index contributed by atoms with van der Waals surface area (Å²) in [7, 11) is 2.10. The van der Waals surface area contributed by atoms with E-state index < -0.39 is 0 Å². The van der Waals surface area contributed by atoms with Gasteiger partial charge in [-0.3, -0.25) is 0 Å². The van der Waals surface area contributed by atoms with Crippen molar-refractivity contribution in [1.29, 1.82) is 0 Å². The molecule has 1 atom stereocenters. The molecule has 0 spiro atoms. The predicted molar refractivity (Wildman–Crippen MR) is 95.4 cm³/mol. The van der Waals surface area contributed by atoms with E-state index in [2.05, 4.69) is 84.2 Å². The van der Waals surface area contributed by atoms with E-state index >= 15 is 0 Å². The summed E-state index contributed by atoms with van der Waals surface area (Å²) in [6.45, 7) is 4.24. The molecule has 0 aromatic heterocycles. The molecule has 0 bridgehead atoms. The number of nitrogens with two attached hydrogens (primary N) is 1. The zero-order valence-corrected chi connectivity index (χ0v) is 14.5. The minimum Gasteiger partial charge on any atom is -0.344 e. The van der Waals surface area contributed by atoms with Crippen molar-refractivity contribution in [3.63, 3.8) is 0 Å². The van der Waals surface area contributed by atoms with Crippen LogP contribution in [-0.2, 0) is 6.42 Å². The Hall–Kier alpha value is -1.32. The van der Waals surface area contributed by atoms with Crippen LogP contribution in [0.1, 0.15) is 24.5 Å². The lowest BCUT2D eigenvalue weighted by Crippen LogP contribution is -2.23. The first-order chi connectivity index (χ1) is 10.0. The van der Waals surface area contributed by atoms with E-state index in [1.165, 1.54) is 22.5 Å². The summed E-state index contributed by atoms with van der Waals surface area (Å²) in [6.07, 6.45) is 1.89. The normalized spacial score (nSPS) is 12.2. The molecule has 0 aliphatic heterocycles. The van der Waals surface area contributed by atoms with Gasteiger partial charge in [-0.1, -0.05) is 46.6 Å². The van der Waals surface area contributed by atoms with E-state index in [0.717, 1.165) is 17.3 Å². The van der Waals surface area contributed by atoms with Gasteiger partial charge in [0, 0.05) is 28.9 Å². The molecule has 2 aromatic carbocycles. The molecule has 0 radical (unpaired) electrons. The molecule has 2 N–H and O–H groups in total. The van der Waals surface area contributed by atoms with Gasteiger partial charge in [-0.25, -0.2) is 0 Å². The van der Waals surface area contributed by atoms with Gasteiger partial charge in [-0.05, 0) is 49.6 Å². The Morgan fingerprint density at radius 1 is 1.14 bits per heavy atom. The topological polar surface area (TPSA) is 29.3 Å². The fraction of sp³-hybridized carbons (Fsp3) is 0.333. The molecule has 0 saturated heterocycles. The summed E-state index contributed by atoms with van der Waals surface area (Å²) in [5.41, 5.74) is 11.1. The van der Waals surface area contributed by atoms with Gasteiger partial charge in [0.2, 0.25) is 0 Å². The van der Waals surface area contributed by atoms with Crippen LogP contribution < -0.4 is 10.6 Å². The highest BCUT2D eigenvalue weighted by Gasteiger charge is 2.12. The molecule has 0 heterocycles. The molecule has 0 saturated carbocycles. The van der Waals surface area contributed by atoms with Crippen LogP contribution in [0, 0.1) is 6.92 Å². The number of aryl methyl sites for hydroxylation is 1. The largest absolute Gasteiger partial charge is 0.344 e. The lowest BCUT2D eigenvalue weighted by Gasteiger charge is -2.24. The smallest absolute Gasteiger partial charge is 0.0452 e. The summed E-state index contributed by atoms with van der Waals surface area (Å²) < 4.78 is 1.09. The molecule has 112 valence electrons. The fourth-order valence-electron chi connectivity index (χ4n) is 2.36. The van der Waals surface area contributed by atoms with Crippen LogP contribution in [0.25, 0.3) is 0 Å². The van der Waals surface area contributed by atoms with Gasteiger partial charge in [0.25, 0.3) is 0 Å². The first-order valence-electron chi connectivity index (χ1n) is 7.35. The van der Waals surface area contributed by atoms with Crippen molar-refractivity contribution < 1.29 is 0 Å². The van der Waals surface area contributed by atoms with Crippen molar-refractivity contribution in [1.82, 2.24) is 0 Å². The molecule has 0 fully saturated rings. The lowest BCUT2D eigenvalue weighted by molar-refractivity contribution is 0.646. The second-order valence-electron chi connectivity index (χ2n) is 5.54. The third kappa shape index (κ3) is 4.08. The maximum absolute atomic E-state index is 6.14. The van der Waals surface area contributed by atoms with Crippen LogP contribution in [0.15, 0.2) is 46.9 Å². The first-order valence-corrected chi connectivity index (χ1v) is 8.15. The van der Waals surface area contributed by atoms with Gasteiger partial charge in [-0.15, -0.1) is 0 Å². The van der Waals surface area contributed by atoms with Gasteiger partial charge in [0.1, 0.15) is 0 Å². The summed E-state index contributed by atoms with van der Waals surface area (Å²) in [6, 6.07) is 15.2. The molecular formula is C18H23BrN2. The molecule has 1 unspecified atom stereocenters. The van der Waals surface area contributed by atoms with Crippen molar-refractivity contribution in [2.45, 2.75) is 32.7 Å². The van der Waals surface area contributed by atoms with Crippen molar-refractivity contribution in [3.8, 4) is 0 Å². The van der Waals surface area contributed by atoms with E-state index in [9.17, 15) is 0 Å². The van der Waals surface area contributed by atoms with E-state index in [-0.39, 0.29) is 6.04 Å². The molecule has 2 rings (SSSR count). The second kappa shape index (κ2) is 7.10. The van der Waals surface area contributed by atoms with Crippen LogP contribution in [0.5, 0.6) is 0 Å². The van der Waals surface area contributed by atoms with Gasteiger partial charge >= 0.3 is 0 Å². The Kier molecular flexibility index (Phi) is 5.43. The molecule has 3 heteroatoms. The Balaban J connectivity index is 2.36. The lowest BCUT2D eigenvalue weighted by atomic mass is 10.0. The van der Waals surface area contributed by atoms with Crippen molar-refractivity contribution in [3.05, 3.63) is 58.1 Å². The minimum absolute atomic E-state index is 0.205. The average molecular weight is 347 g/mol. The third-order valence-corrected chi connectivity index (χ3v) is 4.33. The van der Waals surface area contributed by atoms with E-state index in [0.29, 0.717) is 0 Å². The standard InChI is InChI=1S/C18H23BrN2/c1-4-16(20)11-14-7-8-15(19)12-18(14)21(3)17-9-5-13(2)6-10-17/h5-10,12,16H,4,11,20H2,1-3H3. The Morgan fingerprint density at radius 2 is 1.81 bits per heavy atom. The van der Waals surface area contributed by atoms with Crippen molar-refractivity contribution >= 4 is 27.3 Å². The number of halogens is 1. The molecule has 2 nitrogen and oxygen atoms in total. The summed E-state index contributed by atoms with van der Waals surface area (Å²) in [5.74, 6) is 0. The Morgan fingerprint density at radius 3 is 2.43 bits per heavy atom. The van der Waals surface area contributed by atoms with Gasteiger partial charge in [-0.2, -0.15) is 0 Å². The zero-order valence-electron chi connectivity index (χ0n) is 12.9. The number of rotatable bonds is 5. The Labute approximate surface area is 136 Å². The highest BCUT2D eigenvalue weighted by atomic mass is 79.9. The first kappa shape index (κ1) is 16.1. The number of hydrogen-bond donors (Lipinski definition) is 1. The average Bonchev–Trinajstić information content (AvgIpc) is 2.49. The molecule has 2 aromatic rings. The fourth-order valence-corrected chi connectivity index (χ4v) is 2.71. The maximum Gasteiger partial charge on any atom is 0.0452 e. The van der Waals surface area contributed by atoms with Crippen LogP contribution in [-0.4, -0.2) is 13.1 Å². The van der Waals surface area contributed by atoms with Crippen LogP contribution >= 0.6 is 15.9 Å². The number of benzene rings is 2. The highest BCUT2D eigenvalue weighted by Crippen LogP contribution is 2.31. The molecular weight excluding hydrogens is 324 g/mol. The van der Waals surface area contributed by atoms with E-state index in [1.54, 1.807) is 0 Å². The Bertz CT molecular complexity index is 593. The maximum atomic E-state index is 6.14. The summed E-state index contributed by atoms with van der Waals surface area (Å²) in [4.78, 5) is 2.22. The third-order valence-electron chi connectivity index (χ3n) is 3.84. The van der Waals surface area contributed by atoms with Gasteiger partial charge in [0.05, 0.1) is 0 Å². The minimum atomic E-state index is 0.205. The number of anilines is 2. The monoisotopic (exact) mass is 346 g/mol. The quantitative estimate of drug-likeness (QED) is 0.841. The second-order valence-corrected chi connectivity index (χ2v) is 6.46. The van der Waals surface area contributed by atoms with Crippen LogP contribution in [0.4, 0.5) is 11.4 Å².